The smallest absolute Gasteiger partial charge is 0.239 e. The van der Waals surface area contributed by atoms with Crippen LogP contribution in [0.3, 0.4) is 0 Å². The highest BCUT2D eigenvalue weighted by molar-refractivity contribution is 8.14. The van der Waals surface area contributed by atoms with E-state index in [-0.39, 0.29) is 11.9 Å². The minimum absolute atomic E-state index is 0.277. The molecule has 2 heterocycles. The number of piperazine rings is 1. The average molecular weight is 318 g/mol. The second-order valence-corrected chi connectivity index (χ2v) is 7.20. The molecule has 0 spiro atoms. The molecule has 0 aliphatic carbocycles. The van der Waals surface area contributed by atoms with Crippen LogP contribution >= 0.6 is 11.8 Å². The van der Waals surface area contributed by atoms with Gasteiger partial charge in [0.2, 0.25) is 5.91 Å². The van der Waals surface area contributed by atoms with Crippen LogP contribution in [0.1, 0.15) is 18.5 Å². The summed E-state index contributed by atoms with van der Waals surface area (Å²) in [5.74, 6) is -0.277. The summed E-state index contributed by atoms with van der Waals surface area (Å²) in [6, 6.07) is 9.47. The summed E-state index contributed by atoms with van der Waals surface area (Å²) in [6.07, 6.45) is 0. The predicted octanol–water partition coefficient (Wildman–Crippen LogP) is 1.32. The monoisotopic (exact) mass is 318 g/mol. The standard InChI is InChI=1S/C16H22N4OS/c1-12-11-18-16(22-12)20-9-7-19(8-10-20)14(15(17)21)13-5-3-2-4-6-13/h2-6,12,14H,7-11H2,1H3,(H2,17,21)/t12-,14+/m1/s1. The van der Waals surface area contributed by atoms with Crippen molar-refractivity contribution in [2.45, 2.75) is 18.2 Å². The molecule has 6 heteroatoms. The number of amidine groups is 1. The molecule has 0 saturated carbocycles. The molecule has 3 rings (SSSR count). The first-order chi connectivity index (χ1) is 10.6. The number of hydrogen-bond donors (Lipinski definition) is 1. The van der Waals surface area contributed by atoms with E-state index >= 15 is 0 Å². The van der Waals surface area contributed by atoms with Crippen LogP contribution in [0.2, 0.25) is 0 Å². The zero-order chi connectivity index (χ0) is 15.5. The molecule has 0 aromatic heterocycles. The van der Waals surface area contributed by atoms with Crippen LogP contribution < -0.4 is 5.73 Å². The maximum atomic E-state index is 11.9. The molecule has 0 radical (unpaired) electrons. The van der Waals surface area contributed by atoms with E-state index in [0.717, 1.165) is 43.5 Å². The number of benzene rings is 1. The van der Waals surface area contributed by atoms with Crippen molar-refractivity contribution in [1.82, 2.24) is 9.80 Å². The Balaban J connectivity index is 1.65. The summed E-state index contributed by atoms with van der Waals surface area (Å²) in [7, 11) is 0. The van der Waals surface area contributed by atoms with Gasteiger partial charge >= 0.3 is 0 Å². The van der Waals surface area contributed by atoms with E-state index in [1.54, 1.807) is 0 Å². The molecule has 2 aliphatic rings. The first kappa shape index (κ1) is 15.4. The molecule has 0 bridgehead atoms. The van der Waals surface area contributed by atoms with Crippen LogP contribution in [-0.4, -0.2) is 58.8 Å². The largest absolute Gasteiger partial charge is 0.368 e. The number of primary amides is 1. The third-order valence-corrected chi connectivity index (χ3v) is 5.27. The first-order valence-corrected chi connectivity index (χ1v) is 8.57. The Labute approximate surface area is 135 Å². The van der Waals surface area contributed by atoms with Gasteiger partial charge in [-0.15, -0.1) is 0 Å². The minimum Gasteiger partial charge on any atom is -0.368 e. The zero-order valence-corrected chi connectivity index (χ0v) is 13.6. The van der Waals surface area contributed by atoms with Crippen molar-refractivity contribution >= 4 is 22.8 Å². The Morgan fingerprint density at radius 1 is 1.27 bits per heavy atom. The van der Waals surface area contributed by atoms with Crippen LogP contribution in [0.5, 0.6) is 0 Å². The molecule has 5 nitrogen and oxygen atoms in total. The van der Waals surface area contributed by atoms with Crippen molar-refractivity contribution in [1.29, 1.82) is 0 Å². The minimum atomic E-state index is -0.333. The third-order valence-electron chi connectivity index (χ3n) is 4.12. The van der Waals surface area contributed by atoms with Gasteiger partial charge in [0, 0.05) is 31.4 Å². The topological polar surface area (TPSA) is 61.9 Å². The van der Waals surface area contributed by atoms with E-state index in [1.165, 1.54) is 0 Å². The molecular formula is C16H22N4OS. The van der Waals surface area contributed by atoms with Gasteiger partial charge in [0.05, 0.1) is 6.54 Å². The van der Waals surface area contributed by atoms with Crippen molar-refractivity contribution in [3.8, 4) is 0 Å². The number of thioether (sulfide) groups is 1. The summed E-state index contributed by atoms with van der Waals surface area (Å²) in [4.78, 5) is 21.0. The van der Waals surface area contributed by atoms with E-state index in [0.29, 0.717) is 5.25 Å². The molecule has 1 aromatic carbocycles. The van der Waals surface area contributed by atoms with E-state index < -0.39 is 0 Å². The summed E-state index contributed by atoms with van der Waals surface area (Å²) in [5, 5.41) is 1.73. The number of aliphatic imine (C=N–C) groups is 1. The SMILES string of the molecule is C[C@@H]1CN=C(N2CCN([C@H](C(N)=O)c3ccccc3)CC2)S1. The molecule has 1 aromatic rings. The van der Waals surface area contributed by atoms with Gasteiger partial charge in [-0.2, -0.15) is 0 Å². The van der Waals surface area contributed by atoms with E-state index in [2.05, 4.69) is 21.7 Å². The van der Waals surface area contributed by atoms with Crippen molar-refractivity contribution in [2.24, 2.45) is 10.7 Å². The molecule has 1 saturated heterocycles. The number of carbonyl (C=O) groups excluding carboxylic acids is 1. The Morgan fingerprint density at radius 2 is 1.95 bits per heavy atom. The van der Waals surface area contributed by atoms with Gasteiger partial charge in [0.15, 0.2) is 5.17 Å². The van der Waals surface area contributed by atoms with E-state index in [9.17, 15) is 4.79 Å². The molecule has 2 aliphatic heterocycles. The fourth-order valence-electron chi connectivity index (χ4n) is 3.00. The van der Waals surface area contributed by atoms with E-state index in [1.807, 2.05) is 42.1 Å². The lowest BCUT2D eigenvalue weighted by molar-refractivity contribution is -0.124. The Bertz CT molecular complexity index is 555. The molecule has 0 unspecified atom stereocenters. The van der Waals surface area contributed by atoms with E-state index in [4.69, 9.17) is 5.73 Å². The molecular weight excluding hydrogens is 296 g/mol. The van der Waals surface area contributed by atoms with Gasteiger partial charge < -0.3 is 10.6 Å². The second kappa shape index (κ2) is 6.71. The predicted molar refractivity (Wildman–Crippen MR) is 90.9 cm³/mol. The lowest BCUT2D eigenvalue weighted by atomic mass is 10.0. The van der Waals surface area contributed by atoms with Gasteiger partial charge in [0.25, 0.3) is 0 Å². The number of rotatable bonds is 3. The van der Waals surface area contributed by atoms with Crippen molar-refractivity contribution in [2.75, 3.05) is 32.7 Å². The molecule has 1 fully saturated rings. The number of carbonyl (C=O) groups is 1. The number of amides is 1. The molecule has 22 heavy (non-hydrogen) atoms. The number of nitrogens with two attached hydrogens (primary N) is 1. The van der Waals surface area contributed by atoms with Crippen LogP contribution in [0.15, 0.2) is 35.3 Å². The summed E-state index contributed by atoms with van der Waals surface area (Å²) in [6.45, 7) is 6.57. The summed E-state index contributed by atoms with van der Waals surface area (Å²) in [5.41, 5.74) is 6.63. The van der Waals surface area contributed by atoms with Crippen LogP contribution in [-0.2, 0) is 4.79 Å². The highest BCUT2D eigenvalue weighted by atomic mass is 32.2. The van der Waals surface area contributed by atoms with Crippen LogP contribution in [0, 0.1) is 0 Å². The fourth-order valence-corrected chi connectivity index (χ4v) is 3.99. The Hall–Kier alpha value is -1.53. The quantitative estimate of drug-likeness (QED) is 0.913. The molecule has 118 valence electrons. The fraction of sp³-hybridized carbons (Fsp3) is 0.500. The number of nitrogens with zero attached hydrogens (tertiary/aromatic N) is 3. The number of hydrogen-bond acceptors (Lipinski definition) is 5. The molecule has 1 amide bonds. The molecule has 2 atom stereocenters. The second-order valence-electron chi connectivity index (χ2n) is 5.79. The lowest BCUT2D eigenvalue weighted by Gasteiger charge is -2.38. The zero-order valence-electron chi connectivity index (χ0n) is 12.8. The third kappa shape index (κ3) is 3.28. The van der Waals surface area contributed by atoms with Crippen molar-refractivity contribution in [3.63, 3.8) is 0 Å². The highest BCUT2D eigenvalue weighted by Gasteiger charge is 2.31. The Morgan fingerprint density at radius 3 is 2.50 bits per heavy atom. The highest BCUT2D eigenvalue weighted by Crippen LogP contribution is 2.26. The van der Waals surface area contributed by atoms with Crippen molar-refractivity contribution in [3.05, 3.63) is 35.9 Å². The Kier molecular flexibility index (Phi) is 4.69. The van der Waals surface area contributed by atoms with Crippen molar-refractivity contribution < 1.29 is 4.79 Å². The normalized spacial score (nSPS) is 24.1. The van der Waals surface area contributed by atoms with Gasteiger partial charge in [-0.1, -0.05) is 49.0 Å². The first-order valence-electron chi connectivity index (χ1n) is 7.69. The van der Waals surface area contributed by atoms with Gasteiger partial charge in [-0.25, -0.2) is 0 Å². The summed E-state index contributed by atoms with van der Waals surface area (Å²) < 4.78 is 0. The average Bonchev–Trinajstić information content (AvgIpc) is 2.95. The lowest BCUT2D eigenvalue weighted by Crippen LogP contribution is -2.51. The van der Waals surface area contributed by atoms with Crippen LogP contribution in [0.4, 0.5) is 0 Å². The van der Waals surface area contributed by atoms with Gasteiger partial charge in [-0.05, 0) is 5.56 Å². The summed E-state index contributed by atoms with van der Waals surface area (Å²) >= 11 is 1.85. The maximum Gasteiger partial charge on any atom is 0.239 e. The van der Waals surface area contributed by atoms with Gasteiger partial charge in [0.1, 0.15) is 6.04 Å². The van der Waals surface area contributed by atoms with Crippen LogP contribution in [0.25, 0.3) is 0 Å². The van der Waals surface area contributed by atoms with Gasteiger partial charge in [-0.3, -0.25) is 14.7 Å². The maximum absolute atomic E-state index is 11.9. The molecule has 2 N–H and O–H groups in total.